The first-order chi connectivity index (χ1) is 8.97. The number of benzene rings is 1. The molecule has 1 saturated carbocycles. The van der Waals surface area contributed by atoms with Gasteiger partial charge in [-0.25, -0.2) is 0 Å². The molecule has 1 fully saturated rings. The molecule has 1 amide bonds. The molecule has 6 heteroatoms. The predicted molar refractivity (Wildman–Crippen MR) is 89.2 cm³/mol. The zero-order valence-corrected chi connectivity index (χ0v) is 14.5. The fourth-order valence-corrected chi connectivity index (χ4v) is 4.15. The molecule has 19 heavy (non-hydrogen) atoms. The van der Waals surface area contributed by atoms with E-state index in [1.54, 1.807) is 6.07 Å². The number of aliphatic hydroxyl groups excluding tert-OH is 1. The van der Waals surface area contributed by atoms with Gasteiger partial charge in [-0.15, -0.1) is 0 Å². The molecule has 0 radical (unpaired) electrons. The fraction of sp³-hybridized carbons (Fsp3) is 0.462. The number of aromatic hydroxyl groups is 1. The first-order valence-electron chi connectivity index (χ1n) is 6.11. The highest BCUT2D eigenvalue weighted by Gasteiger charge is 2.23. The number of rotatable bonds is 3. The third kappa shape index (κ3) is 3.94. The lowest BCUT2D eigenvalue weighted by Crippen LogP contribution is -2.28. The summed E-state index contributed by atoms with van der Waals surface area (Å²) in [5.74, 6) is 0.114. The molecule has 2 rings (SSSR count). The average Bonchev–Trinajstić information content (AvgIpc) is 2.76. The van der Waals surface area contributed by atoms with Crippen molar-refractivity contribution in [1.82, 2.24) is 5.32 Å². The summed E-state index contributed by atoms with van der Waals surface area (Å²) in [6.07, 6.45) is 2.27. The molecule has 1 aromatic carbocycles. The number of phenols is 1. The number of hydrogen-bond donors (Lipinski definition) is 3. The van der Waals surface area contributed by atoms with Crippen molar-refractivity contribution in [3.63, 3.8) is 0 Å². The summed E-state index contributed by atoms with van der Waals surface area (Å²) in [5.41, 5.74) is 0.315. The van der Waals surface area contributed by atoms with Crippen LogP contribution in [-0.4, -0.2) is 28.8 Å². The van der Waals surface area contributed by atoms with Gasteiger partial charge in [0.1, 0.15) is 5.75 Å². The van der Waals surface area contributed by atoms with Crippen LogP contribution >= 0.6 is 45.2 Å². The molecule has 1 aliphatic rings. The van der Waals surface area contributed by atoms with Crippen LogP contribution < -0.4 is 5.32 Å². The van der Waals surface area contributed by atoms with Gasteiger partial charge in [0.2, 0.25) is 0 Å². The summed E-state index contributed by atoms with van der Waals surface area (Å²) >= 11 is 4.13. The van der Waals surface area contributed by atoms with E-state index < -0.39 is 0 Å². The number of carbonyl (C=O) groups excluding carboxylic acids is 1. The van der Waals surface area contributed by atoms with Gasteiger partial charge in [0.25, 0.3) is 5.91 Å². The normalized spacial score (nSPS) is 22.5. The van der Waals surface area contributed by atoms with Gasteiger partial charge < -0.3 is 15.5 Å². The van der Waals surface area contributed by atoms with E-state index in [0.29, 0.717) is 21.6 Å². The van der Waals surface area contributed by atoms with Gasteiger partial charge in [-0.1, -0.05) is 0 Å². The van der Waals surface area contributed by atoms with Crippen molar-refractivity contribution in [2.24, 2.45) is 5.92 Å². The number of carbonyl (C=O) groups is 1. The molecule has 3 N–H and O–H groups in total. The maximum Gasteiger partial charge on any atom is 0.255 e. The van der Waals surface area contributed by atoms with Crippen molar-refractivity contribution in [3.05, 3.63) is 24.8 Å². The molecule has 2 atom stereocenters. The van der Waals surface area contributed by atoms with Gasteiger partial charge in [-0.3, -0.25) is 4.79 Å². The Kier molecular flexibility index (Phi) is 5.29. The molecule has 104 valence electrons. The van der Waals surface area contributed by atoms with E-state index in [1.165, 1.54) is 0 Å². The maximum atomic E-state index is 12.1. The standard InChI is InChI=1S/C13H15I2NO3/c14-8-4-10(12(18)11(15)5-8)13(19)16-6-7-1-2-9(17)3-7/h4-5,7,9,17-18H,1-3,6H2,(H,16,19). The number of phenolic OH excluding ortho intramolecular Hbond substituents is 1. The fourth-order valence-electron chi connectivity index (χ4n) is 2.31. The SMILES string of the molecule is O=C(NCC1CCC(O)C1)c1cc(I)cc(I)c1O. The van der Waals surface area contributed by atoms with Gasteiger partial charge in [-0.05, 0) is 82.5 Å². The van der Waals surface area contributed by atoms with E-state index in [1.807, 2.05) is 28.7 Å². The molecule has 0 heterocycles. The highest BCUT2D eigenvalue weighted by Crippen LogP contribution is 2.28. The van der Waals surface area contributed by atoms with Crippen molar-refractivity contribution < 1.29 is 15.0 Å². The van der Waals surface area contributed by atoms with Crippen molar-refractivity contribution in [2.45, 2.75) is 25.4 Å². The van der Waals surface area contributed by atoms with Gasteiger partial charge in [0.05, 0.1) is 15.2 Å². The molecule has 2 unspecified atom stereocenters. The second-order valence-electron chi connectivity index (χ2n) is 4.83. The topological polar surface area (TPSA) is 69.6 Å². The van der Waals surface area contributed by atoms with Gasteiger partial charge in [0, 0.05) is 10.1 Å². The Bertz CT molecular complexity index is 493. The average molecular weight is 487 g/mol. The van der Waals surface area contributed by atoms with Crippen LogP contribution in [0.15, 0.2) is 12.1 Å². The van der Waals surface area contributed by atoms with Crippen molar-refractivity contribution >= 4 is 51.1 Å². The Balaban J connectivity index is 2.00. The Morgan fingerprint density at radius 2 is 2.11 bits per heavy atom. The van der Waals surface area contributed by atoms with Crippen LogP contribution in [0.25, 0.3) is 0 Å². The molecule has 0 aromatic heterocycles. The lowest BCUT2D eigenvalue weighted by molar-refractivity contribution is 0.0942. The molecule has 0 bridgehead atoms. The van der Waals surface area contributed by atoms with Crippen molar-refractivity contribution in [3.8, 4) is 5.75 Å². The van der Waals surface area contributed by atoms with E-state index in [0.717, 1.165) is 22.8 Å². The number of amides is 1. The van der Waals surface area contributed by atoms with Crippen LogP contribution in [0.1, 0.15) is 29.6 Å². The summed E-state index contributed by atoms with van der Waals surface area (Å²) in [7, 11) is 0. The van der Waals surface area contributed by atoms with Gasteiger partial charge >= 0.3 is 0 Å². The maximum absolute atomic E-state index is 12.1. The molecule has 1 aliphatic carbocycles. The summed E-state index contributed by atoms with van der Waals surface area (Å²) < 4.78 is 1.59. The lowest BCUT2D eigenvalue weighted by Gasteiger charge is -2.12. The number of aliphatic hydroxyl groups is 1. The van der Waals surface area contributed by atoms with E-state index in [4.69, 9.17) is 0 Å². The highest BCUT2D eigenvalue weighted by molar-refractivity contribution is 14.1. The summed E-state index contributed by atoms with van der Waals surface area (Å²) in [6.45, 7) is 0.553. The minimum atomic E-state index is -0.254. The van der Waals surface area contributed by atoms with Crippen molar-refractivity contribution in [1.29, 1.82) is 0 Å². The molecular formula is C13H15I2NO3. The van der Waals surface area contributed by atoms with E-state index in [-0.39, 0.29) is 17.8 Å². The molecule has 0 saturated heterocycles. The van der Waals surface area contributed by atoms with Crippen LogP contribution in [0.4, 0.5) is 0 Å². The second kappa shape index (κ2) is 6.57. The van der Waals surface area contributed by atoms with Crippen molar-refractivity contribution in [2.75, 3.05) is 6.54 Å². The van der Waals surface area contributed by atoms with Crippen LogP contribution in [-0.2, 0) is 0 Å². The summed E-state index contributed by atoms with van der Waals surface area (Å²) in [5, 5.41) is 22.2. The largest absolute Gasteiger partial charge is 0.506 e. The zero-order chi connectivity index (χ0) is 14.0. The number of hydrogen-bond acceptors (Lipinski definition) is 3. The summed E-state index contributed by atoms with van der Waals surface area (Å²) in [4.78, 5) is 12.1. The lowest BCUT2D eigenvalue weighted by atomic mass is 10.1. The highest BCUT2D eigenvalue weighted by atomic mass is 127. The van der Waals surface area contributed by atoms with Crippen LogP contribution in [0.3, 0.4) is 0 Å². The predicted octanol–water partition coefficient (Wildman–Crippen LogP) is 2.49. The van der Waals surface area contributed by atoms with Crippen LogP contribution in [0.2, 0.25) is 0 Å². The first-order valence-corrected chi connectivity index (χ1v) is 8.27. The monoisotopic (exact) mass is 487 g/mol. The van der Waals surface area contributed by atoms with E-state index in [9.17, 15) is 15.0 Å². The Labute approximate surface area is 139 Å². The Hall–Kier alpha value is -0.0900. The van der Waals surface area contributed by atoms with Crippen LogP contribution in [0, 0.1) is 13.1 Å². The quantitative estimate of drug-likeness (QED) is 0.575. The molecular weight excluding hydrogens is 472 g/mol. The summed E-state index contributed by atoms with van der Waals surface area (Å²) in [6, 6.07) is 3.50. The number of nitrogens with one attached hydrogen (secondary N) is 1. The Morgan fingerprint density at radius 1 is 1.37 bits per heavy atom. The van der Waals surface area contributed by atoms with Gasteiger partial charge in [0.15, 0.2) is 0 Å². The van der Waals surface area contributed by atoms with E-state index >= 15 is 0 Å². The molecule has 1 aromatic rings. The molecule has 0 spiro atoms. The zero-order valence-electron chi connectivity index (χ0n) is 10.2. The van der Waals surface area contributed by atoms with E-state index in [2.05, 4.69) is 27.9 Å². The Morgan fingerprint density at radius 3 is 2.74 bits per heavy atom. The third-order valence-electron chi connectivity index (χ3n) is 3.34. The number of halogens is 2. The molecule has 4 nitrogen and oxygen atoms in total. The molecule has 0 aliphatic heterocycles. The second-order valence-corrected chi connectivity index (χ2v) is 7.23. The smallest absolute Gasteiger partial charge is 0.255 e. The van der Waals surface area contributed by atoms with Crippen LogP contribution in [0.5, 0.6) is 5.75 Å². The first kappa shape index (κ1) is 15.3. The third-order valence-corrected chi connectivity index (χ3v) is 4.78. The minimum Gasteiger partial charge on any atom is -0.506 e. The van der Waals surface area contributed by atoms with Gasteiger partial charge in [-0.2, -0.15) is 0 Å². The minimum absolute atomic E-state index is 0.0324.